The van der Waals surface area contributed by atoms with Gasteiger partial charge >= 0.3 is 11.4 Å². The van der Waals surface area contributed by atoms with Gasteiger partial charge in [0.1, 0.15) is 16.6 Å². The van der Waals surface area contributed by atoms with Crippen molar-refractivity contribution in [2.24, 2.45) is 0 Å². The quantitative estimate of drug-likeness (QED) is 0.352. The SMILES string of the molecule is FC(F)(F)c1ccccc1Cc1c(Cl)ncnc1Cl.O=P(Cl)(Cl)Cl. The summed E-state index contributed by atoms with van der Waals surface area (Å²) in [4.78, 5) is 7.43. The van der Waals surface area contributed by atoms with Crippen molar-refractivity contribution in [3.8, 4) is 0 Å². The Morgan fingerprint density at radius 2 is 1.46 bits per heavy atom. The summed E-state index contributed by atoms with van der Waals surface area (Å²) in [6.07, 6.45) is -3.34. The van der Waals surface area contributed by atoms with E-state index >= 15 is 0 Å². The lowest BCUT2D eigenvalue weighted by atomic mass is 10.0. The minimum atomic E-state index is -4.43. The summed E-state index contributed by atoms with van der Waals surface area (Å²) in [7, 11) is 0. The van der Waals surface area contributed by atoms with Crippen LogP contribution in [0.15, 0.2) is 30.6 Å². The second-order valence-electron chi connectivity index (χ2n) is 4.16. The van der Waals surface area contributed by atoms with E-state index < -0.39 is 16.9 Å². The molecule has 2 aromatic rings. The van der Waals surface area contributed by atoms with Crippen LogP contribution in [0.3, 0.4) is 0 Å². The molecule has 2 rings (SSSR count). The fourth-order valence-corrected chi connectivity index (χ4v) is 2.11. The van der Waals surface area contributed by atoms with Crippen LogP contribution in [-0.4, -0.2) is 9.97 Å². The molecule has 12 heteroatoms. The van der Waals surface area contributed by atoms with Gasteiger partial charge in [0.05, 0.1) is 5.56 Å². The zero-order valence-corrected chi connectivity index (χ0v) is 16.0. The summed E-state index contributed by atoms with van der Waals surface area (Å²) < 4.78 is 48.1. The van der Waals surface area contributed by atoms with Gasteiger partial charge < -0.3 is 0 Å². The maximum Gasteiger partial charge on any atom is 0.416 e. The Morgan fingerprint density at radius 1 is 1.00 bits per heavy atom. The van der Waals surface area contributed by atoms with E-state index in [0.717, 1.165) is 12.4 Å². The normalized spacial score (nSPS) is 11.7. The zero-order chi connectivity index (χ0) is 18.5. The Balaban J connectivity index is 0.000000505. The van der Waals surface area contributed by atoms with Crippen LogP contribution >= 0.6 is 62.1 Å². The van der Waals surface area contributed by atoms with Crippen LogP contribution in [0, 0.1) is 0 Å². The molecular formula is C12H7Cl5F3N2OP. The van der Waals surface area contributed by atoms with Crippen LogP contribution in [-0.2, 0) is 17.2 Å². The summed E-state index contributed by atoms with van der Waals surface area (Å²) in [6, 6.07) is 5.25. The molecule has 1 aromatic carbocycles. The minimum Gasteiger partial charge on any atom is -0.271 e. The van der Waals surface area contributed by atoms with Crippen molar-refractivity contribution in [1.29, 1.82) is 0 Å². The number of nitrogens with zero attached hydrogens (tertiary/aromatic N) is 2. The van der Waals surface area contributed by atoms with Gasteiger partial charge in [-0.05, 0) is 45.4 Å². The Kier molecular flexibility index (Phi) is 8.11. The maximum absolute atomic E-state index is 12.9. The molecule has 0 aliphatic carbocycles. The average molecular weight is 460 g/mol. The third-order valence-corrected chi connectivity index (χ3v) is 3.18. The van der Waals surface area contributed by atoms with E-state index in [9.17, 15) is 17.7 Å². The second-order valence-corrected chi connectivity index (χ2v) is 11.5. The van der Waals surface area contributed by atoms with Crippen LogP contribution in [0.25, 0.3) is 0 Å². The molecule has 0 atom stereocenters. The molecule has 0 spiro atoms. The van der Waals surface area contributed by atoms with Crippen molar-refractivity contribution in [3.63, 3.8) is 0 Å². The third-order valence-electron chi connectivity index (χ3n) is 2.53. The zero-order valence-electron chi connectivity index (χ0n) is 11.4. The van der Waals surface area contributed by atoms with E-state index in [2.05, 4.69) is 43.7 Å². The molecular weight excluding hydrogens is 453 g/mol. The summed E-state index contributed by atoms with van der Waals surface area (Å²) >= 11 is 25.5. The fourth-order valence-electron chi connectivity index (χ4n) is 1.66. The van der Waals surface area contributed by atoms with Gasteiger partial charge in [-0.3, -0.25) is 4.57 Å². The lowest BCUT2D eigenvalue weighted by Gasteiger charge is -2.13. The number of hydrogen-bond acceptors (Lipinski definition) is 3. The molecule has 1 heterocycles. The van der Waals surface area contributed by atoms with Crippen molar-refractivity contribution in [2.45, 2.75) is 12.6 Å². The highest BCUT2D eigenvalue weighted by Gasteiger charge is 2.33. The number of benzene rings is 1. The molecule has 0 fully saturated rings. The highest BCUT2D eigenvalue weighted by Crippen LogP contribution is 2.61. The highest BCUT2D eigenvalue weighted by atomic mass is 36.0. The molecule has 132 valence electrons. The Bertz CT molecular complexity index is 725. The standard InChI is InChI=1S/C12H7Cl2F3N2.Cl3OP/c13-10-8(11(14)19-6-18-10)5-7-3-1-2-4-9(7)12(15,16)17;1-5(2,3)4/h1-4,6H,5H2;. The molecule has 1 aromatic heterocycles. The highest BCUT2D eigenvalue weighted by molar-refractivity contribution is 8.24. The summed E-state index contributed by atoms with van der Waals surface area (Å²) in [5.41, 5.74) is -0.359. The predicted octanol–water partition coefficient (Wildman–Crippen LogP) is 7.20. The topological polar surface area (TPSA) is 42.9 Å². The van der Waals surface area contributed by atoms with Gasteiger partial charge in [0.15, 0.2) is 0 Å². The van der Waals surface area contributed by atoms with Crippen LogP contribution in [0.5, 0.6) is 0 Å². The summed E-state index contributed by atoms with van der Waals surface area (Å²) in [6.45, 7) is 0. The lowest BCUT2D eigenvalue weighted by Crippen LogP contribution is -2.09. The van der Waals surface area contributed by atoms with E-state index in [1.54, 1.807) is 0 Å². The van der Waals surface area contributed by atoms with Crippen molar-refractivity contribution >= 4 is 62.1 Å². The minimum absolute atomic E-state index is 0.0528. The molecule has 0 N–H and O–H groups in total. The Hall–Kier alpha value is -0.230. The van der Waals surface area contributed by atoms with E-state index in [-0.39, 0.29) is 27.9 Å². The third kappa shape index (κ3) is 7.77. The first-order chi connectivity index (χ1) is 10.9. The molecule has 0 aliphatic rings. The number of halogens is 8. The van der Waals surface area contributed by atoms with Crippen molar-refractivity contribution in [1.82, 2.24) is 9.97 Å². The molecule has 0 saturated carbocycles. The van der Waals surface area contributed by atoms with Gasteiger partial charge in [-0.25, -0.2) is 9.97 Å². The monoisotopic (exact) mass is 458 g/mol. The molecule has 0 bridgehead atoms. The number of aromatic nitrogens is 2. The van der Waals surface area contributed by atoms with Crippen molar-refractivity contribution in [3.05, 3.63) is 57.6 Å². The van der Waals surface area contributed by atoms with E-state index in [1.807, 2.05) is 0 Å². The van der Waals surface area contributed by atoms with Crippen LogP contribution in [0.4, 0.5) is 13.2 Å². The van der Waals surface area contributed by atoms with Crippen LogP contribution < -0.4 is 0 Å². The molecule has 0 unspecified atom stereocenters. The van der Waals surface area contributed by atoms with Crippen LogP contribution in [0.2, 0.25) is 10.3 Å². The van der Waals surface area contributed by atoms with E-state index in [1.165, 1.54) is 18.2 Å². The van der Waals surface area contributed by atoms with E-state index in [0.29, 0.717) is 0 Å². The number of alkyl halides is 3. The number of rotatable bonds is 2. The summed E-state index contributed by atoms with van der Waals surface area (Å²) in [5.74, 6) is 0. The fraction of sp³-hybridized carbons (Fsp3) is 0.167. The second kappa shape index (κ2) is 8.93. The smallest absolute Gasteiger partial charge is 0.271 e. The molecule has 0 aliphatic heterocycles. The first kappa shape index (κ1) is 21.8. The van der Waals surface area contributed by atoms with Gasteiger partial charge in [0.2, 0.25) is 0 Å². The Morgan fingerprint density at radius 3 is 1.92 bits per heavy atom. The largest absolute Gasteiger partial charge is 0.416 e. The Labute approximate surface area is 159 Å². The molecule has 0 amide bonds. The van der Waals surface area contributed by atoms with Gasteiger partial charge in [0.25, 0.3) is 0 Å². The molecule has 3 nitrogen and oxygen atoms in total. The molecule has 0 saturated heterocycles. The molecule has 0 radical (unpaired) electrons. The van der Waals surface area contributed by atoms with Crippen molar-refractivity contribution < 1.29 is 17.7 Å². The predicted molar refractivity (Wildman–Crippen MR) is 91.5 cm³/mol. The van der Waals surface area contributed by atoms with E-state index in [4.69, 9.17) is 23.2 Å². The van der Waals surface area contributed by atoms with Crippen molar-refractivity contribution in [2.75, 3.05) is 0 Å². The first-order valence-corrected chi connectivity index (χ1v) is 11.1. The van der Waals surface area contributed by atoms with Gasteiger partial charge in [-0.15, -0.1) is 0 Å². The van der Waals surface area contributed by atoms with Gasteiger partial charge in [0, 0.05) is 12.0 Å². The van der Waals surface area contributed by atoms with Gasteiger partial charge in [-0.2, -0.15) is 13.2 Å². The van der Waals surface area contributed by atoms with Crippen LogP contribution in [0.1, 0.15) is 16.7 Å². The molecule has 24 heavy (non-hydrogen) atoms. The number of hydrogen-bond donors (Lipinski definition) is 0. The lowest BCUT2D eigenvalue weighted by molar-refractivity contribution is -0.138. The summed E-state index contributed by atoms with van der Waals surface area (Å²) in [5, 5.41) is -3.12. The average Bonchev–Trinajstić information content (AvgIpc) is 2.40. The first-order valence-electron chi connectivity index (χ1n) is 5.88. The van der Waals surface area contributed by atoms with Gasteiger partial charge in [-0.1, -0.05) is 41.4 Å². The maximum atomic E-state index is 12.9.